The van der Waals surface area contributed by atoms with Crippen LogP contribution in [-0.4, -0.2) is 20.0 Å². The number of ether oxygens (including phenoxy) is 2. The zero-order valence-corrected chi connectivity index (χ0v) is 7.90. The molecule has 4 heteroatoms. The van der Waals surface area contributed by atoms with Crippen LogP contribution in [0.4, 0.5) is 0 Å². The highest BCUT2D eigenvalue weighted by Crippen LogP contribution is 2.30. The van der Waals surface area contributed by atoms with Gasteiger partial charge >= 0.3 is 0 Å². The van der Waals surface area contributed by atoms with Gasteiger partial charge in [-0.2, -0.15) is 5.26 Å². The van der Waals surface area contributed by atoms with Gasteiger partial charge in [0.25, 0.3) is 5.78 Å². The fraction of sp³-hybridized carbons (Fsp3) is 0.200. The zero-order valence-electron chi connectivity index (χ0n) is 7.90. The summed E-state index contributed by atoms with van der Waals surface area (Å²) in [6.07, 6.45) is 0. The second-order valence-corrected chi connectivity index (χ2v) is 2.48. The highest BCUT2D eigenvalue weighted by molar-refractivity contribution is 6.09. The first-order valence-electron chi connectivity index (χ1n) is 3.90. The average Bonchev–Trinajstić information content (AvgIpc) is 2.26. The number of hydrogen-bond acceptors (Lipinski definition) is 4. The maximum Gasteiger partial charge on any atom is 0.266 e. The third-order valence-electron chi connectivity index (χ3n) is 1.75. The lowest BCUT2D eigenvalue weighted by atomic mass is 10.1. The first-order chi connectivity index (χ1) is 6.74. The molecule has 0 amide bonds. The van der Waals surface area contributed by atoms with Crippen molar-refractivity contribution in [2.45, 2.75) is 0 Å². The summed E-state index contributed by atoms with van der Waals surface area (Å²) in [6.45, 7) is 0. The normalized spacial score (nSPS) is 8.93. The minimum Gasteiger partial charge on any atom is -0.493 e. The molecule has 1 aromatic carbocycles. The number of rotatable bonds is 3. The Hall–Kier alpha value is -2.02. The summed E-state index contributed by atoms with van der Waals surface area (Å²) in [5, 5.41) is 8.48. The largest absolute Gasteiger partial charge is 0.493 e. The van der Waals surface area contributed by atoms with Crippen LogP contribution in [-0.2, 0) is 0 Å². The monoisotopic (exact) mass is 191 g/mol. The number of nitrogens with zero attached hydrogens (tertiary/aromatic N) is 1. The molecule has 4 nitrogen and oxygen atoms in total. The predicted octanol–water partition coefficient (Wildman–Crippen LogP) is 1.41. The number of ketones is 1. The van der Waals surface area contributed by atoms with Gasteiger partial charge in [0.15, 0.2) is 11.5 Å². The molecule has 0 aromatic heterocycles. The van der Waals surface area contributed by atoms with Crippen LogP contribution in [0, 0.1) is 11.3 Å². The van der Waals surface area contributed by atoms with Crippen molar-refractivity contribution in [3.63, 3.8) is 0 Å². The smallest absolute Gasteiger partial charge is 0.266 e. The van der Waals surface area contributed by atoms with Gasteiger partial charge in [0.1, 0.15) is 6.07 Å². The SMILES string of the molecule is COc1cccc(C(=O)C#N)c1OC. The maximum atomic E-state index is 11.2. The Balaban J connectivity index is 3.30. The van der Waals surface area contributed by atoms with Gasteiger partial charge in [-0.3, -0.25) is 4.79 Å². The van der Waals surface area contributed by atoms with E-state index in [0.717, 1.165) is 0 Å². The fourth-order valence-electron chi connectivity index (χ4n) is 1.13. The molecule has 0 radical (unpaired) electrons. The third kappa shape index (κ3) is 1.67. The lowest BCUT2D eigenvalue weighted by Gasteiger charge is -2.09. The maximum absolute atomic E-state index is 11.2. The topological polar surface area (TPSA) is 59.3 Å². The van der Waals surface area contributed by atoms with Crippen molar-refractivity contribution in [3.8, 4) is 17.6 Å². The molecule has 0 bridgehead atoms. The van der Waals surface area contributed by atoms with Gasteiger partial charge in [-0.15, -0.1) is 0 Å². The molecule has 0 saturated carbocycles. The number of para-hydroxylation sites is 1. The van der Waals surface area contributed by atoms with E-state index in [2.05, 4.69) is 0 Å². The van der Waals surface area contributed by atoms with Crippen LogP contribution in [0.25, 0.3) is 0 Å². The molecular weight excluding hydrogens is 182 g/mol. The van der Waals surface area contributed by atoms with E-state index in [-0.39, 0.29) is 5.56 Å². The van der Waals surface area contributed by atoms with E-state index in [1.165, 1.54) is 26.4 Å². The predicted molar refractivity (Wildman–Crippen MR) is 49.5 cm³/mol. The quantitative estimate of drug-likeness (QED) is 0.535. The molecule has 1 aromatic rings. The van der Waals surface area contributed by atoms with Gasteiger partial charge in [0.05, 0.1) is 19.8 Å². The number of methoxy groups -OCH3 is 2. The van der Waals surface area contributed by atoms with Crippen molar-refractivity contribution >= 4 is 5.78 Å². The second-order valence-electron chi connectivity index (χ2n) is 2.48. The Bertz CT molecular complexity index is 393. The minimum atomic E-state index is -0.638. The molecular formula is C10H9NO3. The minimum absolute atomic E-state index is 0.217. The molecule has 0 fully saturated rings. The first kappa shape index (κ1) is 10.1. The molecule has 0 atom stereocenters. The Kier molecular flexibility index (Phi) is 3.08. The van der Waals surface area contributed by atoms with Crippen LogP contribution < -0.4 is 9.47 Å². The summed E-state index contributed by atoms with van der Waals surface area (Å²) in [5.41, 5.74) is 0.217. The van der Waals surface area contributed by atoms with E-state index in [0.29, 0.717) is 11.5 Å². The van der Waals surface area contributed by atoms with Crippen LogP contribution in [0.1, 0.15) is 10.4 Å². The second kappa shape index (κ2) is 4.28. The Morgan fingerprint density at radius 1 is 1.36 bits per heavy atom. The van der Waals surface area contributed by atoms with Crippen LogP contribution >= 0.6 is 0 Å². The van der Waals surface area contributed by atoms with Gasteiger partial charge < -0.3 is 9.47 Å². The lowest BCUT2D eigenvalue weighted by molar-refractivity contribution is 0.105. The summed E-state index contributed by atoms with van der Waals surface area (Å²) in [4.78, 5) is 11.2. The summed E-state index contributed by atoms with van der Waals surface area (Å²) < 4.78 is 9.98. The summed E-state index contributed by atoms with van der Waals surface area (Å²) in [5.74, 6) is 0.0934. The number of benzene rings is 1. The van der Waals surface area contributed by atoms with Crippen LogP contribution in [0.3, 0.4) is 0 Å². The van der Waals surface area contributed by atoms with E-state index < -0.39 is 5.78 Å². The van der Waals surface area contributed by atoms with E-state index in [4.69, 9.17) is 14.7 Å². The summed E-state index contributed by atoms with van der Waals surface area (Å²) in [6, 6.07) is 6.34. The molecule has 14 heavy (non-hydrogen) atoms. The molecule has 0 aliphatic heterocycles. The molecule has 0 heterocycles. The van der Waals surface area contributed by atoms with Crippen molar-refractivity contribution in [2.24, 2.45) is 0 Å². The van der Waals surface area contributed by atoms with Crippen LogP contribution in [0.2, 0.25) is 0 Å². The fourth-order valence-corrected chi connectivity index (χ4v) is 1.13. The number of hydrogen-bond donors (Lipinski definition) is 0. The Morgan fingerprint density at radius 2 is 2.07 bits per heavy atom. The van der Waals surface area contributed by atoms with Gasteiger partial charge in [-0.25, -0.2) is 0 Å². The summed E-state index contributed by atoms with van der Waals surface area (Å²) in [7, 11) is 2.89. The molecule has 0 aliphatic rings. The zero-order chi connectivity index (χ0) is 10.6. The molecule has 1 rings (SSSR count). The van der Waals surface area contributed by atoms with E-state index in [9.17, 15) is 4.79 Å². The van der Waals surface area contributed by atoms with Crippen LogP contribution in [0.5, 0.6) is 11.5 Å². The number of Topliss-reactive ketones (excluding diaryl/α,β-unsaturated/α-hetero) is 1. The van der Waals surface area contributed by atoms with Crippen molar-refractivity contribution in [1.29, 1.82) is 5.26 Å². The summed E-state index contributed by atoms with van der Waals surface area (Å²) >= 11 is 0. The van der Waals surface area contributed by atoms with E-state index in [1.807, 2.05) is 0 Å². The van der Waals surface area contributed by atoms with E-state index >= 15 is 0 Å². The standard InChI is InChI=1S/C10H9NO3/c1-13-9-5-3-4-7(8(12)6-11)10(9)14-2/h3-5H,1-2H3. The molecule has 0 spiro atoms. The van der Waals surface area contributed by atoms with E-state index in [1.54, 1.807) is 12.1 Å². The van der Waals surface area contributed by atoms with Crippen molar-refractivity contribution in [1.82, 2.24) is 0 Å². The van der Waals surface area contributed by atoms with Crippen molar-refractivity contribution in [3.05, 3.63) is 23.8 Å². The average molecular weight is 191 g/mol. The number of nitriles is 1. The van der Waals surface area contributed by atoms with Gasteiger partial charge in [0.2, 0.25) is 0 Å². The lowest BCUT2D eigenvalue weighted by Crippen LogP contribution is -2.00. The number of carbonyl (C=O) groups excluding carboxylic acids is 1. The number of carbonyl (C=O) groups is 1. The molecule has 0 aliphatic carbocycles. The molecule has 0 unspecified atom stereocenters. The molecule has 0 N–H and O–H groups in total. The van der Waals surface area contributed by atoms with Crippen molar-refractivity contribution < 1.29 is 14.3 Å². The Labute approximate surface area is 81.7 Å². The van der Waals surface area contributed by atoms with Gasteiger partial charge in [-0.1, -0.05) is 6.07 Å². The third-order valence-corrected chi connectivity index (χ3v) is 1.75. The van der Waals surface area contributed by atoms with Crippen molar-refractivity contribution in [2.75, 3.05) is 14.2 Å². The Morgan fingerprint density at radius 3 is 2.57 bits per heavy atom. The molecule has 72 valence electrons. The first-order valence-corrected chi connectivity index (χ1v) is 3.90. The highest BCUT2D eigenvalue weighted by atomic mass is 16.5. The van der Waals surface area contributed by atoms with Gasteiger partial charge in [0, 0.05) is 0 Å². The molecule has 0 saturated heterocycles. The van der Waals surface area contributed by atoms with Crippen LogP contribution in [0.15, 0.2) is 18.2 Å². The highest BCUT2D eigenvalue weighted by Gasteiger charge is 2.15. The van der Waals surface area contributed by atoms with Gasteiger partial charge in [-0.05, 0) is 12.1 Å².